The first-order chi connectivity index (χ1) is 18.0. The third kappa shape index (κ3) is 6.08. The van der Waals surface area contributed by atoms with E-state index in [0.717, 1.165) is 21.8 Å². The van der Waals surface area contributed by atoms with Crippen LogP contribution in [0.1, 0.15) is 22.8 Å². The maximum absolute atomic E-state index is 13.9. The molecule has 1 aromatic heterocycles. The van der Waals surface area contributed by atoms with E-state index in [-0.39, 0.29) is 29.4 Å². The van der Waals surface area contributed by atoms with Gasteiger partial charge in [-0.15, -0.1) is 13.2 Å². The van der Waals surface area contributed by atoms with Crippen LogP contribution in [-0.4, -0.2) is 32.3 Å². The molecule has 0 fully saturated rings. The molecule has 0 amide bonds. The van der Waals surface area contributed by atoms with Gasteiger partial charge in [-0.3, -0.25) is 0 Å². The Hall–Kier alpha value is -3.64. The van der Waals surface area contributed by atoms with Crippen LogP contribution in [-0.2, 0) is 21.3 Å². The zero-order valence-electron chi connectivity index (χ0n) is 19.8. The number of esters is 1. The number of benzene rings is 3. The number of halogens is 4. The number of nitrogens with zero attached hydrogens (tertiary/aromatic N) is 2. The Morgan fingerprint density at radius 2 is 1.66 bits per heavy atom. The first-order valence-corrected chi connectivity index (χ1v) is 13.4. The van der Waals surface area contributed by atoms with Gasteiger partial charge in [-0.05, 0) is 64.8 Å². The van der Waals surface area contributed by atoms with Crippen LogP contribution < -0.4 is 9.04 Å². The van der Waals surface area contributed by atoms with Crippen LogP contribution in [0.15, 0.2) is 88.4 Å². The second kappa shape index (κ2) is 11.0. The number of hydrogen-bond donors (Lipinski definition) is 0. The van der Waals surface area contributed by atoms with E-state index >= 15 is 0 Å². The van der Waals surface area contributed by atoms with Crippen molar-refractivity contribution < 1.29 is 35.9 Å². The number of hydrogen-bond acceptors (Lipinski definition) is 6. The van der Waals surface area contributed by atoms with E-state index in [2.05, 4.69) is 25.7 Å². The second-order valence-corrected chi connectivity index (χ2v) is 10.6. The van der Waals surface area contributed by atoms with Crippen LogP contribution in [0, 0.1) is 0 Å². The molecule has 1 heterocycles. The van der Waals surface area contributed by atoms with Crippen LogP contribution >= 0.6 is 15.9 Å². The standard InChI is InChI=1S/C26H20BrF3N2O5S/c1-2-36-25(33)18-9-13-21(14-10-18)38(34,35)32(16-17-7-11-20(12-8-17)37-26(28,29)30)24-23(27)22-6-4-3-5-19(22)15-31-24/h3-15H,2,16H2,1H3. The van der Waals surface area contributed by atoms with E-state index in [1.165, 1.54) is 42.6 Å². The number of ether oxygens (including phenoxy) is 2. The van der Waals surface area contributed by atoms with Crippen LogP contribution in [0.4, 0.5) is 19.0 Å². The molecule has 3 aromatic carbocycles. The van der Waals surface area contributed by atoms with Gasteiger partial charge in [-0.2, -0.15) is 0 Å². The number of aromatic nitrogens is 1. The van der Waals surface area contributed by atoms with Crippen LogP contribution in [0.2, 0.25) is 0 Å². The molecule has 0 bridgehead atoms. The van der Waals surface area contributed by atoms with Crippen molar-refractivity contribution in [3.05, 3.63) is 94.6 Å². The fourth-order valence-electron chi connectivity index (χ4n) is 3.63. The van der Waals surface area contributed by atoms with Crippen molar-refractivity contribution in [3.63, 3.8) is 0 Å². The third-order valence-corrected chi connectivity index (χ3v) is 7.92. The molecule has 0 atom stereocenters. The van der Waals surface area contributed by atoms with Gasteiger partial charge in [0.25, 0.3) is 10.0 Å². The Morgan fingerprint density at radius 3 is 2.29 bits per heavy atom. The number of fused-ring (bicyclic) bond motifs is 1. The number of carbonyl (C=O) groups is 1. The van der Waals surface area contributed by atoms with Crippen molar-refractivity contribution in [3.8, 4) is 5.75 Å². The summed E-state index contributed by atoms with van der Waals surface area (Å²) in [6.45, 7) is 1.57. The van der Waals surface area contributed by atoms with Crippen LogP contribution in [0.5, 0.6) is 5.75 Å². The van der Waals surface area contributed by atoms with Gasteiger partial charge in [0, 0.05) is 17.0 Å². The molecule has 0 saturated heterocycles. The summed E-state index contributed by atoms with van der Waals surface area (Å²) < 4.78 is 75.7. The van der Waals surface area contributed by atoms with Gasteiger partial charge < -0.3 is 9.47 Å². The highest BCUT2D eigenvalue weighted by Gasteiger charge is 2.32. The first-order valence-electron chi connectivity index (χ1n) is 11.2. The number of rotatable bonds is 8. The lowest BCUT2D eigenvalue weighted by molar-refractivity contribution is -0.274. The minimum absolute atomic E-state index is 0.0776. The Morgan fingerprint density at radius 1 is 1.00 bits per heavy atom. The molecule has 0 saturated carbocycles. The minimum Gasteiger partial charge on any atom is -0.462 e. The maximum Gasteiger partial charge on any atom is 0.573 e. The summed E-state index contributed by atoms with van der Waals surface area (Å²) in [5.41, 5.74) is 0.565. The zero-order chi connectivity index (χ0) is 27.5. The fourth-order valence-corrected chi connectivity index (χ4v) is 5.85. The number of alkyl halides is 3. The molecule has 0 aliphatic heterocycles. The van der Waals surface area contributed by atoms with Crippen molar-refractivity contribution in [2.45, 2.75) is 24.7 Å². The van der Waals surface area contributed by atoms with E-state index in [0.29, 0.717) is 15.4 Å². The van der Waals surface area contributed by atoms with Gasteiger partial charge >= 0.3 is 12.3 Å². The number of sulfonamides is 1. The SMILES string of the molecule is CCOC(=O)c1ccc(S(=O)(=O)N(Cc2ccc(OC(F)(F)F)cc2)c2ncc3ccccc3c2Br)cc1. The van der Waals surface area contributed by atoms with E-state index in [1.807, 2.05) is 12.1 Å². The van der Waals surface area contributed by atoms with E-state index < -0.39 is 28.1 Å². The van der Waals surface area contributed by atoms with Gasteiger partial charge in [-0.1, -0.05) is 36.4 Å². The lowest BCUT2D eigenvalue weighted by Gasteiger charge is -2.25. The summed E-state index contributed by atoms with van der Waals surface area (Å²) in [6.07, 6.45) is -3.32. The molecule has 4 aromatic rings. The van der Waals surface area contributed by atoms with Gasteiger partial charge in [0.15, 0.2) is 5.82 Å². The molecule has 0 unspecified atom stereocenters. The van der Waals surface area contributed by atoms with Crippen LogP contribution in [0.25, 0.3) is 10.8 Å². The van der Waals surface area contributed by atoms with Crippen molar-refractivity contribution in [1.29, 1.82) is 0 Å². The second-order valence-electron chi connectivity index (χ2n) is 7.93. The molecular formula is C26H20BrF3N2O5S. The Balaban J connectivity index is 1.77. The van der Waals surface area contributed by atoms with E-state index in [1.54, 1.807) is 19.1 Å². The molecule has 198 valence electrons. The molecule has 0 aliphatic carbocycles. The van der Waals surface area contributed by atoms with Crippen LogP contribution in [0.3, 0.4) is 0 Å². The predicted molar refractivity (Wildman–Crippen MR) is 138 cm³/mol. The van der Waals surface area contributed by atoms with Gasteiger partial charge in [0.1, 0.15) is 5.75 Å². The maximum atomic E-state index is 13.9. The largest absolute Gasteiger partial charge is 0.573 e. The highest BCUT2D eigenvalue weighted by Crippen LogP contribution is 2.36. The number of pyridine rings is 1. The van der Waals surface area contributed by atoms with Crippen molar-refractivity contribution in [2.75, 3.05) is 10.9 Å². The Bertz CT molecular complexity index is 1560. The molecular weight excluding hydrogens is 589 g/mol. The monoisotopic (exact) mass is 608 g/mol. The summed E-state index contributed by atoms with van der Waals surface area (Å²) in [5, 5.41) is 1.48. The lowest BCUT2D eigenvalue weighted by atomic mass is 10.2. The Kier molecular flexibility index (Phi) is 7.93. The lowest BCUT2D eigenvalue weighted by Crippen LogP contribution is -2.31. The first kappa shape index (κ1) is 27.4. The molecule has 0 spiro atoms. The van der Waals surface area contributed by atoms with E-state index in [9.17, 15) is 26.4 Å². The van der Waals surface area contributed by atoms with E-state index in [4.69, 9.17) is 4.74 Å². The zero-order valence-corrected chi connectivity index (χ0v) is 22.2. The van der Waals surface area contributed by atoms with Crippen molar-refractivity contribution in [2.24, 2.45) is 0 Å². The molecule has 0 aliphatic rings. The number of carbonyl (C=O) groups excluding carboxylic acids is 1. The highest BCUT2D eigenvalue weighted by molar-refractivity contribution is 9.10. The van der Waals surface area contributed by atoms with Crippen molar-refractivity contribution in [1.82, 2.24) is 4.98 Å². The summed E-state index contributed by atoms with van der Waals surface area (Å²) in [4.78, 5) is 16.3. The highest BCUT2D eigenvalue weighted by atomic mass is 79.9. The fraction of sp³-hybridized carbons (Fsp3) is 0.154. The molecule has 12 heteroatoms. The smallest absolute Gasteiger partial charge is 0.462 e. The summed E-state index contributed by atoms with van der Waals surface area (Å²) in [6, 6.07) is 17.4. The van der Waals surface area contributed by atoms with Gasteiger partial charge in [0.2, 0.25) is 0 Å². The molecule has 4 rings (SSSR count). The van der Waals surface area contributed by atoms with Gasteiger partial charge in [0.05, 0.1) is 28.1 Å². The van der Waals surface area contributed by atoms with Crippen molar-refractivity contribution >= 4 is 48.5 Å². The summed E-state index contributed by atoms with van der Waals surface area (Å²) in [7, 11) is -4.26. The predicted octanol–water partition coefficient (Wildman–Crippen LogP) is 6.47. The average molecular weight is 609 g/mol. The summed E-state index contributed by atoms with van der Waals surface area (Å²) >= 11 is 3.48. The average Bonchev–Trinajstić information content (AvgIpc) is 2.88. The molecule has 0 N–H and O–H groups in total. The quantitative estimate of drug-likeness (QED) is 0.213. The third-order valence-electron chi connectivity index (χ3n) is 5.39. The topological polar surface area (TPSA) is 85.8 Å². The Labute approximate surface area is 225 Å². The molecule has 0 radical (unpaired) electrons. The normalized spacial score (nSPS) is 11.8. The van der Waals surface area contributed by atoms with Gasteiger partial charge in [-0.25, -0.2) is 22.5 Å². The molecule has 7 nitrogen and oxygen atoms in total. The minimum atomic E-state index is -4.85. The molecule has 38 heavy (non-hydrogen) atoms. The summed E-state index contributed by atoms with van der Waals surface area (Å²) in [5.74, 6) is -0.947. The number of anilines is 1.